The molecule has 0 atom stereocenters. The smallest absolute Gasteiger partial charge is 0.256 e. The average molecular weight is 240 g/mol. The number of nitriles is 1. The minimum absolute atomic E-state index is 0.186. The van der Waals surface area contributed by atoms with Crippen molar-refractivity contribution in [1.29, 1.82) is 5.26 Å². The van der Waals surface area contributed by atoms with Crippen molar-refractivity contribution in [1.82, 2.24) is 10.2 Å². The second-order valence-corrected chi connectivity index (χ2v) is 3.94. The van der Waals surface area contributed by atoms with Gasteiger partial charge in [0.2, 0.25) is 0 Å². The largest absolute Gasteiger partial charge is 0.436 e. The van der Waals surface area contributed by atoms with Crippen molar-refractivity contribution in [2.75, 3.05) is 5.73 Å². The Bertz CT molecular complexity index is 631. The van der Waals surface area contributed by atoms with Crippen molar-refractivity contribution in [3.63, 3.8) is 0 Å². The van der Waals surface area contributed by atoms with Gasteiger partial charge in [0.05, 0.1) is 6.20 Å². The molecule has 5 heteroatoms. The first-order chi connectivity index (χ1) is 8.61. The van der Waals surface area contributed by atoms with E-state index in [2.05, 4.69) is 10.2 Å². The lowest BCUT2D eigenvalue weighted by Crippen LogP contribution is -1.97. The molecule has 0 unspecified atom stereocenters. The number of aryl methyl sites for hydroxylation is 2. The number of ether oxygens (including phenoxy) is 1. The van der Waals surface area contributed by atoms with E-state index in [0.717, 1.165) is 11.1 Å². The van der Waals surface area contributed by atoms with E-state index in [1.807, 2.05) is 26.0 Å². The topological polar surface area (TPSA) is 84.8 Å². The molecule has 1 aromatic carbocycles. The van der Waals surface area contributed by atoms with Gasteiger partial charge >= 0.3 is 0 Å². The van der Waals surface area contributed by atoms with Crippen molar-refractivity contribution in [3.05, 3.63) is 41.1 Å². The minimum Gasteiger partial charge on any atom is -0.436 e. The summed E-state index contributed by atoms with van der Waals surface area (Å²) in [4.78, 5) is 0. The number of nitrogen functional groups attached to an aromatic ring is 1. The molecule has 2 rings (SSSR count). The van der Waals surface area contributed by atoms with Crippen LogP contribution in [0.25, 0.3) is 0 Å². The Kier molecular flexibility index (Phi) is 3.11. The van der Waals surface area contributed by atoms with Crippen LogP contribution >= 0.6 is 0 Å². The van der Waals surface area contributed by atoms with Crippen LogP contribution in [0.3, 0.4) is 0 Å². The van der Waals surface area contributed by atoms with Crippen molar-refractivity contribution in [2.45, 2.75) is 13.8 Å². The standard InChI is InChI=1S/C13H12N4O/c1-8-5-9(2)12(6-11(8)15)18-13-10(7-14)3-4-16-17-13/h3-6H,15H2,1-2H3. The lowest BCUT2D eigenvalue weighted by atomic mass is 10.1. The molecule has 0 fully saturated rings. The van der Waals surface area contributed by atoms with Gasteiger partial charge in [-0.2, -0.15) is 10.4 Å². The maximum Gasteiger partial charge on any atom is 0.256 e. The first-order valence-corrected chi connectivity index (χ1v) is 5.38. The molecule has 0 amide bonds. The van der Waals surface area contributed by atoms with Crippen LogP contribution in [0.5, 0.6) is 11.6 Å². The van der Waals surface area contributed by atoms with Gasteiger partial charge in [-0.15, -0.1) is 5.10 Å². The van der Waals surface area contributed by atoms with Crippen LogP contribution in [0.1, 0.15) is 16.7 Å². The van der Waals surface area contributed by atoms with E-state index in [1.165, 1.54) is 6.20 Å². The monoisotopic (exact) mass is 240 g/mol. The van der Waals surface area contributed by atoms with Crippen LogP contribution in [-0.2, 0) is 0 Å². The number of anilines is 1. The average Bonchev–Trinajstić information content (AvgIpc) is 2.36. The van der Waals surface area contributed by atoms with E-state index in [-0.39, 0.29) is 5.88 Å². The molecule has 0 aliphatic rings. The summed E-state index contributed by atoms with van der Waals surface area (Å²) in [6.07, 6.45) is 1.45. The maximum absolute atomic E-state index is 8.94. The second kappa shape index (κ2) is 4.72. The highest BCUT2D eigenvalue weighted by Gasteiger charge is 2.09. The number of hydrogen-bond donors (Lipinski definition) is 1. The molecule has 0 aliphatic carbocycles. The van der Waals surface area contributed by atoms with Gasteiger partial charge in [-0.3, -0.25) is 0 Å². The quantitative estimate of drug-likeness (QED) is 0.814. The fourth-order valence-electron chi connectivity index (χ4n) is 1.54. The van der Waals surface area contributed by atoms with Gasteiger partial charge in [0, 0.05) is 11.8 Å². The van der Waals surface area contributed by atoms with Crippen LogP contribution in [0.2, 0.25) is 0 Å². The van der Waals surface area contributed by atoms with Gasteiger partial charge in [-0.25, -0.2) is 0 Å². The molecule has 0 saturated carbocycles. The van der Waals surface area contributed by atoms with Gasteiger partial charge in [0.15, 0.2) is 0 Å². The summed E-state index contributed by atoms with van der Waals surface area (Å²) in [5.74, 6) is 0.765. The number of nitrogens with zero attached hydrogens (tertiary/aromatic N) is 3. The number of aromatic nitrogens is 2. The van der Waals surface area contributed by atoms with E-state index >= 15 is 0 Å². The van der Waals surface area contributed by atoms with E-state index in [1.54, 1.807) is 12.1 Å². The van der Waals surface area contributed by atoms with Gasteiger partial charge in [-0.1, -0.05) is 6.07 Å². The number of benzene rings is 1. The summed E-state index contributed by atoms with van der Waals surface area (Å²) in [5, 5.41) is 16.4. The molecule has 0 aliphatic heterocycles. The molecule has 0 bridgehead atoms. The van der Waals surface area contributed by atoms with Crippen molar-refractivity contribution in [2.24, 2.45) is 0 Å². The first kappa shape index (κ1) is 11.9. The molecule has 5 nitrogen and oxygen atoms in total. The normalized spacial score (nSPS) is 9.83. The SMILES string of the molecule is Cc1cc(C)c(Oc2nnccc2C#N)cc1N. The van der Waals surface area contributed by atoms with E-state index in [0.29, 0.717) is 17.0 Å². The van der Waals surface area contributed by atoms with Gasteiger partial charge in [0.25, 0.3) is 5.88 Å². The van der Waals surface area contributed by atoms with Crippen molar-refractivity contribution >= 4 is 5.69 Å². The third-order valence-electron chi connectivity index (χ3n) is 2.58. The zero-order valence-corrected chi connectivity index (χ0v) is 10.1. The molecule has 0 saturated heterocycles. The predicted molar refractivity (Wildman–Crippen MR) is 67.1 cm³/mol. The van der Waals surface area contributed by atoms with Crippen LogP contribution in [0.15, 0.2) is 24.4 Å². The molecule has 90 valence electrons. The van der Waals surface area contributed by atoms with Crippen LogP contribution in [-0.4, -0.2) is 10.2 Å². The molecule has 1 heterocycles. The Morgan fingerprint density at radius 3 is 2.78 bits per heavy atom. The van der Waals surface area contributed by atoms with E-state index in [9.17, 15) is 0 Å². The fourth-order valence-corrected chi connectivity index (χ4v) is 1.54. The molecular formula is C13H12N4O. The van der Waals surface area contributed by atoms with Gasteiger partial charge < -0.3 is 10.5 Å². The highest BCUT2D eigenvalue weighted by molar-refractivity contribution is 5.55. The molecule has 1 aromatic heterocycles. The van der Waals surface area contributed by atoms with Crippen LogP contribution in [0.4, 0.5) is 5.69 Å². The Balaban J connectivity index is 2.41. The predicted octanol–water partition coefficient (Wildman–Crippen LogP) is 2.34. The summed E-state index contributed by atoms with van der Waals surface area (Å²) in [6.45, 7) is 3.83. The molecular weight excluding hydrogens is 228 g/mol. The highest BCUT2D eigenvalue weighted by atomic mass is 16.5. The van der Waals surface area contributed by atoms with Gasteiger partial charge in [-0.05, 0) is 31.0 Å². The summed E-state index contributed by atoms with van der Waals surface area (Å²) in [5.41, 5.74) is 8.72. The zero-order valence-electron chi connectivity index (χ0n) is 10.1. The highest BCUT2D eigenvalue weighted by Crippen LogP contribution is 2.29. The maximum atomic E-state index is 8.94. The number of hydrogen-bond acceptors (Lipinski definition) is 5. The van der Waals surface area contributed by atoms with E-state index in [4.69, 9.17) is 15.7 Å². The summed E-state index contributed by atoms with van der Waals surface area (Å²) >= 11 is 0. The molecule has 18 heavy (non-hydrogen) atoms. The zero-order chi connectivity index (χ0) is 13.1. The molecule has 0 spiro atoms. The van der Waals surface area contributed by atoms with Crippen LogP contribution in [0, 0.1) is 25.2 Å². The van der Waals surface area contributed by atoms with Gasteiger partial charge in [0.1, 0.15) is 17.4 Å². The summed E-state index contributed by atoms with van der Waals surface area (Å²) in [7, 11) is 0. The Morgan fingerprint density at radius 1 is 1.28 bits per heavy atom. The van der Waals surface area contributed by atoms with Crippen LogP contribution < -0.4 is 10.5 Å². The second-order valence-electron chi connectivity index (χ2n) is 3.94. The Morgan fingerprint density at radius 2 is 2.06 bits per heavy atom. The van der Waals surface area contributed by atoms with E-state index < -0.39 is 0 Å². The fraction of sp³-hybridized carbons (Fsp3) is 0.154. The van der Waals surface area contributed by atoms with Crippen molar-refractivity contribution < 1.29 is 4.74 Å². The molecule has 2 N–H and O–H groups in total. The lowest BCUT2D eigenvalue weighted by molar-refractivity contribution is 0.450. The molecule has 2 aromatic rings. The summed E-state index contributed by atoms with van der Waals surface area (Å²) < 4.78 is 5.59. The Hall–Kier alpha value is -2.61. The third-order valence-corrected chi connectivity index (χ3v) is 2.58. The number of nitrogens with two attached hydrogens (primary N) is 1. The summed E-state index contributed by atoms with van der Waals surface area (Å²) in [6, 6.07) is 7.20. The van der Waals surface area contributed by atoms with Crippen molar-refractivity contribution in [3.8, 4) is 17.7 Å². The first-order valence-electron chi connectivity index (χ1n) is 5.38. The lowest BCUT2D eigenvalue weighted by Gasteiger charge is -2.10. The molecule has 0 radical (unpaired) electrons. The minimum atomic E-state index is 0.186. The Labute approximate surface area is 105 Å². The third kappa shape index (κ3) is 2.23. The number of rotatable bonds is 2.